The lowest BCUT2D eigenvalue weighted by atomic mass is 9.90. The molecule has 1 aliphatic carbocycles. The van der Waals surface area contributed by atoms with Gasteiger partial charge in [-0.1, -0.05) is 6.07 Å². The highest BCUT2D eigenvalue weighted by molar-refractivity contribution is 5.95. The average molecular weight is 363 g/mol. The molecule has 2 aromatic rings. The Hall–Kier alpha value is -2.83. The van der Waals surface area contributed by atoms with Gasteiger partial charge in [0.15, 0.2) is 24.1 Å². The predicted octanol–water partition coefficient (Wildman–Crippen LogP) is 3.78. The molecular weight excluding hydrogens is 347 g/mol. The van der Waals surface area contributed by atoms with Crippen LogP contribution in [0, 0.1) is 17.5 Å². The van der Waals surface area contributed by atoms with Crippen molar-refractivity contribution in [2.75, 3.05) is 11.9 Å². The first-order chi connectivity index (χ1) is 12.5. The van der Waals surface area contributed by atoms with Crippen LogP contribution in [0.5, 0.6) is 0 Å². The fourth-order valence-electron chi connectivity index (χ4n) is 2.88. The standard InChI is InChI=1S/C19H16F3NO3/c20-14-7-8-15(18(22)17(14)21)23-16(24)10-26-19(25)13-6-5-11-3-1-2-4-12(11)9-13/h5-9H,1-4,10H2,(H,23,24). The van der Waals surface area contributed by atoms with Crippen molar-refractivity contribution in [3.05, 3.63) is 64.5 Å². The Labute approximate surface area is 148 Å². The summed E-state index contributed by atoms with van der Waals surface area (Å²) in [6.45, 7) is -0.672. The van der Waals surface area contributed by atoms with Gasteiger partial charge in [0, 0.05) is 0 Å². The number of aryl methyl sites for hydroxylation is 2. The van der Waals surface area contributed by atoms with Gasteiger partial charge in [-0.15, -0.1) is 0 Å². The summed E-state index contributed by atoms with van der Waals surface area (Å²) < 4.78 is 44.4. The molecular formula is C19H16F3NO3. The van der Waals surface area contributed by atoms with Crippen LogP contribution < -0.4 is 5.32 Å². The van der Waals surface area contributed by atoms with Crippen molar-refractivity contribution < 1.29 is 27.5 Å². The second kappa shape index (κ2) is 7.59. The van der Waals surface area contributed by atoms with Gasteiger partial charge < -0.3 is 10.1 Å². The molecule has 0 aromatic heterocycles. The summed E-state index contributed by atoms with van der Waals surface area (Å²) in [5, 5.41) is 2.04. The number of hydrogen-bond donors (Lipinski definition) is 1. The number of amides is 1. The lowest BCUT2D eigenvalue weighted by Gasteiger charge is -2.16. The summed E-state index contributed by atoms with van der Waals surface area (Å²) >= 11 is 0. The van der Waals surface area contributed by atoms with E-state index >= 15 is 0 Å². The van der Waals surface area contributed by atoms with E-state index in [1.165, 1.54) is 5.56 Å². The first kappa shape index (κ1) is 18.0. The minimum atomic E-state index is -1.69. The zero-order valence-electron chi connectivity index (χ0n) is 13.8. The van der Waals surface area contributed by atoms with Crippen molar-refractivity contribution in [1.82, 2.24) is 0 Å². The summed E-state index contributed by atoms with van der Waals surface area (Å²) in [4.78, 5) is 23.8. The van der Waals surface area contributed by atoms with Crippen molar-refractivity contribution >= 4 is 17.6 Å². The molecule has 0 spiro atoms. The van der Waals surface area contributed by atoms with E-state index in [9.17, 15) is 22.8 Å². The highest BCUT2D eigenvalue weighted by Gasteiger charge is 2.17. The topological polar surface area (TPSA) is 55.4 Å². The van der Waals surface area contributed by atoms with Crippen molar-refractivity contribution in [2.45, 2.75) is 25.7 Å². The van der Waals surface area contributed by atoms with Crippen LogP contribution >= 0.6 is 0 Å². The number of hydrogen-bond acceptors (Lipinski definition) is 3. The van der Waals surface area contributed by atoms with E-state index in [2.05, 4.69) is 0 Å². The van der Waals surface area contributed by atoms with Crippen molar-refractivity contribution in [3.63, 3.8) is 0 Å². The normalized spacial score (nSPS) is 13.0. The summed E-state index contributed by atoms with van der Waals surface area (Å²) in [6.07, 6.45) is 4.06. The van der Waals surface area contributed by atoms with Gasteiger partial charge in [0.1, 0.15) is 0 Å². The van der Waals surface area contributed by atoms with Gasteiger partial charge in [-0.3, -0.25) is 4.79 Å². The molecule has 1 N–H and O–H groups in total. The van der Waals surface area contributed by atoms with Crippen LogP contribution in [0.15, 0.2) is 30.3 Å². The van der Waals surface area contributed by atoms with Gasteiger partial charge in [-0.05, 0) is 61.1 Å². The molecule has 0 saturated heterocycles. The fourth-order valence-corrected chi connectivity index (χ4v) is 2.88. The van der Waals surface area contributed by atoms with Crippen LogP contribution in [0.3, 0.4) is 0 Å². The van der Waals surface area contributed by atoms with Crippen LogP contribution in [0.4, 0.5) is 18.9 Å². The number of fused-ring (bicyclic) bond motifs is 1. The number of benzene rings is 2. The maximum Gasteiger partial charge on any atom is 0.338 e. The summed E-state index contributed by atoms with van der Waals surface area (Å²) in [6, 6.07) is 6.84. The van der Waals surface area contributed by atoms with Crippen LogP contribution in [0.2, 0.25) is 0 Å². The molecule has 26 heavy (non-hydrogen) atoms. The van der Waals surface area contributed by atoms with Crippen molar-refractivity contribution in [2.24, 2.45) is 0 Å². The van der Waals surface area contributed by atoms with Crippen molar-refractivity contribution in [3.8, 4) is 0 Å². The zero-order valence-corrected chi connectivity index (χ0v) is 13.8. The highest BCUT2D eigenvalue weighted by atomic mass is 19.2. The predicted molar refractivity (Wildman–Crippen MR) is 88.3 cm³/mol. The number of rotatable bonds is 4. The van der Waals surface area contributed by atoms with E-state index in [4.69, 9.17) is 4.74 Å². The fraction of sp³-hybridized carbons (Fsp3) is 0.263. The third-order valence-corrected chi connectivity index (χ3v) is 4.23. The van der Waals surface area contributed by atoms with Crippen LogP contribution in [0.25, 0.3) is 0 Å². The molecule has 2 aromatic carbocycles. The minimum absolute atomic E-state index is 0.331. The number of halogens is 3. The molecule has 0 saturated carbocycles. The molecule has 136 valence electrons. The maximum atomic E-state index is 13.5. The van der Waals surface area contributed by atoms with Gasteiger partial charge in [0.2, 0.25) is 0 Å². The Kier molecular flexibility index (Phi) is 5.25. The largest absolute Gasteiger partial charge is 0.452 e. The Bertz CT molecular complexity index is 867. The first-order valence-electron chi connectivity index (χ1n) is 8.18. The number of carbonyl (C=O) groups excluding carboxylic acids is 2. The Balaban J connectivity index is 1.59. The average Bonchev–Trinajstić information content (AvgIpc) is 2.66. The molecule has 7 heteroatoms. The van der Waals surface area contributed by atoms with Crippen LogP contribution in [-0.2, 0) is 22.4 Å². The number of ether oxygens (including phenoxy) is 1. The second-order valence-corrected chi connectivity index (χ2v) is 6.04. The Morgan fingerprint density at radius 2 is 1.69 bits per heavy atom. The SMILES string of the molecule is O=C(COC(=O)c1ccc2c(c1)CCCC2)Nc1ccc(F)c(F)c1F. The maximum absolute atomic E-state index is 13.5. The van der Waals surface area contributed by atoms with Gasteiger partial charge in [-0.2, -0.15) is 0 Å². The molecule has 4 nitrogen and oxygen atoms in total. The summed E-state index contributed by atoms with van der Waals surface area (Å²) in [5.74, 6) is -6.10. The molecule has 0 radical (unpaired) electrons. The van der Waals surface area contributed by atoms with Gasteiger partial charge >= 0.3 is 5.97 Å². The van der Waals surface area contributed by atoms with Gasteiger partial charge in [-0.25, -0.2) is 18.0 Å². The van der Waals surface area contributed by atoms with E-state index in [1.54, 1.807) is 12.1 Å². The monoisotopic (exact) mass is 363 g/mol. The quantitative estimate of drug-likeness (QED) is 0.664. The number of esters is 1. The molecule has 0 unspecified atom stereocenters. The molecule has 0 atom stereocenters. The second-order valence-electron chi connectivity index (χ2n) is 6.04. The number of anilines is 1. The van der Waals surface area contributed by atoms with Crippen LogP contribution in [-0.4, -0.2) is 18.5 Å². The van der Waals surface area contributed by atoms with E-state index in [0.717, 1.165) is 37.3 Å². The molecule has 1 amide bonds. The van der Waals surface area contributed by atoms with Crippen molar-refractivity contribution in [1.29, 1.82) is 0 Å². The summed E-state index contributed by atoms with van der Waals surface area (Å²) in [7, 11) is 0. The molecule has 0 fully saturated rings. The molecule has 0 bridgehead atoms. The lowest BCUT2D eigenvalue weighted by molar-refractivity contribution is -0.119. The first-order valence-corrected chi connectivity index (χ1v) is 8.18. The minimum Gasteiger partial charge on any atom is -0.452 e. The molecule has 0 aliphatic heterocycles. The Morgan fingerprint density at radius 3 is 2.46 bits per heavy atom. The molecule has 0 heterocycles. The Morgan fingerprint density at radius 1 is 0.962 bits per heavy atom. The van der Waals surface area contributed by atoms with Crippen LogP contribution in [0.1, 0.15) is 34.3 Å². The van der Waals surface area contributed by atoms with E-state index in [0.29, 0.717) is 11.6 Å². The lowest BCUT2D eigenvalue weighted by Crippen LogP contribution is -2.22. The van der Waals surface area contributed by atoms with Gasteiger partial charge in [0.05, 0.1) is 11.3 Å². The number of nitrogens with one attached hydrogen (secondary N) is 1. The molecule has 1 aliphatic rings. The number of carbonyl (C=O) groups is 2. The zero-order chi connectivity index (χ0) is 18.7. The summed E-state index contributed by atoms with van der Waals surface area (Å²) in [5.41, 5.74) is 2.11. The van der Waals surface area contributed by atoms with E-state index in [1.807, 2.05) is 11.4 Å². The van der Waals surface area contributed by atoms with E-state index in [-0.39, 0.29) is 0 Å². The third kappa shape index (κ3) is 3.87. The van der Waals surface area contributed by atoms with E-state index < -0.39 is 41.6 Å². The molecule has 3 rings (SSSR count). The third-order valence-electron chi connectivity index (χ3n) is 4.23. The van der Waals surface area contributed by atoms with Gasteiger partial charge in [0.25, 0.3) is 5.91 Å². The smallest absolute Gasteiger partial charge is 0.338 e. The highest BCUT2D eigenvalue weighted by Crippen LogP contribution is 2.23.